The minimum Gasteiger partial charge on any atom is -0.394 e. The third kappa shape index (κ3) is 3.29. The molecule has 0 saturated heterocycles. The number of rotatable bonds is 4. The first kappa shape index (κ1) is 14.2. The molecule has 0 fully saturated rings. The molecule has 1 unspecified atom stereocenters. The molecule has 1 rings (SSSR count). The Labute approximate surface area is 98.2 Å². The number of anilines is 1. The summed E-state index contributed by atoms with van der Waals surface area (Å²) in [6.07, 6.45) is -4.76. The number of hydrogen-bond donors (Lipinski definition) is 2. The van der Waals surface area contributed by atoms with Crippen LogP contribution in [-0.2, 0) is 0 Å². The summed E-state index contributed by atoms with van der Waals surface area (Å²) < 4.78 is 50.2. The summed E-state index contributed by atoms with van der Waals surface area (Å²) in [5.41, 5.74) is -1.15. The molecule has 0 aliphatic rings. The van der Waals surface area contributed by atoms with Gasteiger partial charge in [0.05, 0.1) is 23.3 Å². The zero-order chi connectivity index (χ0) is 13.9. The largest absolute Gasteiger partial charge is 0.410 e. The van der Waals surface area contributed by atoms with Crippen molar-refractivity contribution in [3.63, 3.8) is 0 Å². The Kier molecular flexibility index (Phi) is 4.07. The van der Waals surface area contributed by atoms with Gasteiger partial charge in [-0.3, -0.25) is 10.1 Å². The van der Waals surface area contributed by atoms with Gasteiger partial charge in [-0.1, -0.05) is 0 Å². The Balaban J connectivity index is 2.95. The van der Waals surface area contributed by atoms with Crippen molar-refractivity contribution in [3.8, 4) is 0 Å². The number of hydrogen-bond acceptors (Lipinski definition) is 4. The summed E-state index contributed by atoms with van der Waals surface area (Å²) in [6.45, 7) is -1.28. The molecular formula is C9H8F4N2O3. The van der Waals surface area contributed by atoms with Crippen LogP contribution in [0.2, 0.25) is 0 Å². The van der Waals surface area contributed by atoms with Crippen LogP contribution in [0.3, 0.4) is 0 Å². The van der Waals surface area contributed by atoms with E-state index < -0.39 is 40.9 Å². The van der Waals surface area contributed by atoms with Crippen LogP contribution in [0.5, 0.6) is 0 Å². The molecule has 0 heterocycles. The van der Waals surface area contributed by atoms with Gasteiger partial charge in [-0.15, -0.1) is 0 Å². The van der Waals surface area contributed by atoms with Gasteiger partial charge in [-0.05, 0) is 6.07 Å². The van der Waals surface area contributed by atoms with Crippen molar-refractivity contribution < 1.29 is 27.6 Å². The average molecular weight is 268 g/mol. The van der Waals surface area contributed by atoms with E-state index in [9.17, 15) is 27.7 Å². The monoisotopic (exact) mass is 268 g/mol. The van der Waals surface area contributed by atoms with Gasteiger partial charge in [0, 0.05) is 6.07 Å². The molecule has 1 atom stereocenters. The third-order valence-corrected chi connectivity index (χ3v) is 2.07. The van der Waals surface area contributed by atoms with E-state index in [-0.39, 0.29) is 0 Å². The maximum Gasteiger partial charge on any atom is 0.410 e. The zero-order valence-electron chi connectivity index (χ0n) is 8.74. The second-order valence-electron chi connectivity index (χ2n) is 3.34. The molecule has 0 saturated carbocycles. The van der Waals surface area contributed by atoms with Crippen LogP contribution in [0, 0.1) is 15.9 Å². The smallest absolute Gasteiger partial charge is 0.394 e. The maximum atomic E-state index is 13.3. The highest BCUT2D eigenvalue weighted by atomic mass is 19.4. The molecule has 9 heteroatoms. The number of aliphatic hydroxyl groups is 1. The number of nitro groups is 1. The number of benzene rings is 1. The Morgan fingerprint density at radius 2 is 2.06 bits per heavy atom. The quantitative estimate of drug-likeness (QED) is 0.498. The molecule has 0 bridgehead atoms. The van der Waals surface area contributed by atoms with E-state index in [2.05, 4.69) is 0 Å². The number of nitrogens with one attached hydrogen (secondary N) is 1. The molecule has 5 nitrogen and oxygen atoms in total. The van der Waals surface area contributed by atoms with Gasteiger partial charge in [0.15, 0.2) is 5.82 Å². The third-order valence-electron chi connectivity index (χ3n) is 2.07. The topological polar surface area (TPSA) is 75.4 Å². The highest BCUT2D eigenvalue weighted by Gasteiger charge is 2.39. The fourth-order valence-corrected chi connectivity index (χ4v) is 1.15. The summed E-state index contributed by atoms with van der Waals surface area (Å²) in [7, 11) is 0. The molecule has 1 aromatic rings. The minimum atomic E-state index is -4.76. The number of aliphatic hydroxyl groups excluding tert-OH is 1. The zero-order valence-corrected chi connectivity index (χ0v) is 8.74. The van der Waals surface area contributed by atoms with Crippen LogP contribution in [0.1, 0.15) is 0 Å². The fraction of sp³-hybridized carbons (Fsp3) is 0.333. The minimum absolute atomic E-state index is 0.493. The first-order valence-electron chi connectivity index (χ1n) is 4.63. The van der Waals surface area contributed by atoms with Gasteiger partial charge >= 0.3 is 6.18 Å². The summed E-state index contributed by atoms with van der Waals surface area (Å²) in [5.74, 6) is -1.20. The molecule has 0 aromatic heterocycles. The molecule has 0 aliphatic heterocycles. The van der Waals surface area contributed by atoms with Crippen molar-refractivity contribution in [1.82, 2.24) is 0 Å². The van der Waals surface area contributed by atoms with E-state index >= 15 is 0 Å². The number of nitrogens with zero attached hydrogens (tertiary/aromatic N) is 1. The number of non-ortho nitro benzene ring substituents is 1. The standard InChI is InChI=1S/C9H8F4N2O3/c10-6-3-5(15(17)18)1-2-7(6)14-8(4-16)9(11,12)13/h1-3,8,14,16H,4H2. The molecule has 0 aliphatic carbocycles. The predicted octanol–water partition coefficient (Wildman–Crippen LogP) is 2.07. The van der Waals surface area contributed by atoms with Crippen molar-refractivity contribution in [3.05, 3.63) is 34.1 Å². The second kappa shape index (κ2) is 5.17. The van der Waals surface area contributed by atoms with Crippen LogP contribution in [-0.4, -0.2) is 28.9 Å². The molecule has 100 valence electrons. The van der Waals surface area contributed by atoms with E-state index in [1.165, 1.54) is 0 Å². The lowest BCUT2D eigenvalue weighted by molar-refractivity contribution is -0.385. The van der Waals surface area contributed by atoms with Crippen LogP contribution in [0.25, 0.3) is 0 Å². The lowest BCUT2D eigenvalue weighted by Crippen LogP contribution is -2.39. The molecule has 0 spiro atoms. The first-order valence-corrected chi connectivity index (χ1v) is 4.63. The van der Waals surface area contributed by atoms with Gasteiger partial charge in [0.25, 0.3) is 5.69 Å². The molecule has 0 radical (unpaired) electrons. The molecule has 0 amide bonds. The van der Waals surface area contributed by atoms with E-state index in [4.69, 9.17) is 5.11 Å². The van der Waals surface area contributed by atoms with E-state index in [1.807, 2.05) is 0 Å². The fourth-order valence-electron chi connectivity index (χ4n) is 1.15. The number of halogens is 4. The van der Waals surface area contributed by atoms with Crippen molar-refractivity contribution in [2.45, 2.75) is 12.2 Å². The van der Waals surface area contributed by atoms with Crippen LogP contribution in [0.4, 0.5) is 28.9 Å². The van der Waals surface area contributed by atoms with Crippen LogP contribution >= 0.6 is 0 Å². The summed E-state index contributed by atoms with van der Waals surface area (Å²) in [5, 5.41) is 20.6. The number of alkyl halides is 3. The highest BCUT2D eigenvalue weighted by Crippen LogP contribution is 2.26. The van der Waals surface area contributed by atoms with Crippen molar-refractivity contribution in [1.29, 1.82) is 0 Å². The summed E-state index contributed by atoms with van der Waals surface area (Å²) in [4.78, 5) is 9.43. The summed E-state index contributed by atoms with van der Waals surface area (Å²) in [6, 6.07) is -0.181. The first-order chi connectivity index (χ1) is 8.25. The van der Waals surface area contributed by atoms with Crippen molar-refractivity contribution in [2.75, 3.05) is 11.9 Å². The van der Waals surface area contributed by atoms with Crippen LogP contribution < -0.4 is 5.32 Å². The van der Waals surface area contributed by atoms with Crippen molar-refractivity contribution >= 4 is 11.4 Å². The van der Waals surface area contributed by atoms with Gasteiger partial charge < -0.3 is 10.4 Å². The lowest BCUT2D eigenvalue weighted by atomic mass is 10.2. The lowest BCUT2D eigenvalue weighted by Gasteiger charge is -2.20. The SMILES string of the molecule is O=[N+]([O-])c1ccc(NC(CO)C(F)(F)F)c(F)c1. The normalized spacial score (nSPS) is 13.2. The van der Waals surface area contributed by atoms with Crippen molar-refractivity contribution in [2.24, 2.45) is 0 Å². The Morgan fingerprint density at radius 1 is 1.44 bits per heavy atom. The average Bonchev–Trinajstić information content (AvgIpc) is 2.25. The predicted molar refractivity (Wildman–Crippen MR) is 53.6 cm³/mol. The maximum absolute atomic E-state index is 13.3. The summed E-state index contributed by atoms with van der Waals surface area (Å²) >= 11 is 0. The molecule has 2 N–H and O–H groups in total. The van der Waals surface area contributed by atoms with Gasteiger partial charge in [-0.25, -0.2) is 4.39 Å². The molecule has 18 heavy (non-hydrogen) atoms. The Morgan fingerprint density at radius 3 is 2.44 bits per heavy atom. The van der Waals surface area contributed by atoms with E-state index in [0.29, 0.717) is 6.07 Å². The Hall–Kier alpha value is -1.90. The highest BCUT2D eigenvalue weighted by molar-refractivity contribution is 5.50. The van der Waals surface area contributed by atoms with Gasteiger partial charge in [0.2, 0.25) is 0 Å². The van der Waals surface area contributed by atoms with E-state index in [0.717, 1.165) is 12.1 Å². The second-order valence-corrected chi connectivity index (χ2v) is 3.34. The molecule has 1 aromatic carbocycles. The van der Waals surface area contributed by atoms with Crippen LogP contribution in [0.15, 0.2) is 18.2 Å². The molecular weight excluding hydrogens is 260 g/mol. The number of nitro benzene ring substituents is 1. The van der Waals surface area contributed by atoms with Gasteiger partial charge in [-0.2, -0.15) is 13.2 Å². The van der Waals surface area contributed by atoms with E-state index in [1.54, 1.807) is 5.32 Å². The van der Waals surface area contributed by atoms with Gasteiger partial charge in [0.1, 0.15) is 6.04 Å². The Bertz CT molecular complexity index is 450.